The number of hydrogen-bond donors (Lipinski definition) is 2. The molecule has 20 heavy (non-hydrogen) atoms. The summed E-state index contributed by atoms with van der Waals surface area (Å²) >= 11 is 0. The molecule has 0 spiro atoms. The number of primary sulfonamides is 1. The van der Waals surface area contributed by atoms with Crippen molar-refractivity contribution in [1.29, 1.82) is 0 Å². The van der Waals surface area contributed by atoms with Crippen LogP contribution in [0, 0.1) is 0 Å². The Balaban J connectivity index is 2.90. The molecule has 0 aromatic carbocycles. The van der Waals surface area contributed by atoms with Gasteiger partial charge in [-0.1, -0.05) is 0 Å². The van der Waals surface area contributed by atoms with E-state index in [2.05, 4.69) is 15.5 Å². The van der Waals surface area contributed by atoms with Gasteiger partial charge in [0.05, 0.1) is 11.5 Å². The average Bonchev–Trinajstić information content (AvgIpc) is 2.36. The zero-order valence-electron chi connectivity index (χ0n) is 10.6. The van der Waals surface area contributed by atoms with Crippen LogP contribution >= 0.6 is 0 Å². The van der Waals surface area contributed by atoms with E-state index in [9.17, 15) is 21.6 Å². The van der Waals surface area contributed by atoms with E-state index in [0.717, 1.165) is 6.07 Å². The number of carbonyl (C=O) groups is 1. The summed E-state index contributed by atoms with van der Waals surface area (Å²) < 4.78 is 45.0. The summed E-state index contributed by atoms with van der Waals surface area (Å²) in [4.78, 5) is 11.4. The second-order valence-electron chi connectivity index (χ2n) is 3.80. The largest absolute Gasteiger partial charge is 0.351 e. The maximum Gasteiger partial charge on any atom is 0.271 e. The van der Waals surface area contributed by atoms with Gasteiger partial charge in [-0.15, -0.1) is 10.2 Å². The van der Waals surface area contributed by atoms with Gasteiger partial charge in [0, 0.05) is 6.54 Å². The van der Waals surface area contributed by atoms with Crippen LogP contribution < -0.4 is 10.5 Å². The number of sulfonamides is 1. The standard InChI is InChI=1S/C9H14N4O5S2/c1-2-11-9(14)7-3-4-8(13-12-7)19(15,16)5-6-20(10,17)18/h3-4H,2,5-6H2,1H3,(H,11,14)(H2,10,17,18). The van der Waals surface area contributed by atoms with Crippen molar-refractivity contribution < 1.29 is 21.6 Å². The molecule has 112 valence electrons. The molecule has 0 saturated heterocycles. The molecule has 0 saturated carbocycles. The fraction of sp³-hybridized carbons (Fsp3) is 0.444. The lowest BCUT2D eigenvalue weighted by Gasteiger charge is -2.03. The molecule has 3 N–H and O–H groups in total. The van der Waals surface area contributed by atoms with Gasteiger partial charge in [-0.2, -0.15) is 0 Å². The number of rotatable bonds is 6. The Hall–Kier alpha value is -1.59. The van der Waals surface area contributed by atoms with Gasteiger partial charge in [0.2, 0.25) is 10.0 Å². The minimum atomic E-state index is -3.91. The predicted octanol–water partition coefficient (Wildman–Crippen LogP) is -1.71. The molecule has 0 fully saturated rings. The van der Waals surface area contributed by atoms with Crippen LogP contribution in [0.4, 0.5) is 0 Å². The summed E-state index contributed by atoms with van der Waals surface area (Å²) in [5, 5.41) is 13.7. The van der Waals surface area contributed by atoms with Crippen LogP contribution in [-0.2, 0) is 19.9 Å². The summed E-state index contributed by atoms with van der Waals surface area (Å²) in [6, 6.07) is 2.29. The van der Waals surface area contributed by atoms with Gasteiger partial charge >= 0.3 is 0 Å². The molecule has 9 nitrogen and oxygen atoms in total. The topological polar surface area (TPSA) is 149 Å². The molecule has 1 rings (SSSR count). The van der Waals surface area contributed by atoms with Gasteiger partial charge in [0.15, 0.2) is 20.6 Å². The van der Waals surface area contributed by atoms with Crippen molar-refractivity contribution in [2.75, 3.05) is 18.1 Å². The molecule has 0 atom stereocenters. The second kappa shape index (κ2) is 6.24. The zero-order valence-corrected chi connectivity index (χ0v) is 12.2. The molecule has 0 aliphatic carbocycles. The number of nitrogens with zero attached hydrogens (tertiary/aromatic N) is 2. The van der Waals surface area contributed by atoms with E-state index in [1.54, 1.807) is 6.92 Å². The third-order valence-electron chi connectivity index (χ3n) is 2.17. The maximum absolute atomic E-state index is 11.8. The highest BCUT2D eigenvalue weighted by atomic mass is 32.2. The quantitative estimate of drug-likeness (QED) is 0.633. The third kappa shape index (κ3) is 4.83. The Kier molecular flexibility index (Phi) is 5.14. The molecule has 1 heterocycles. The van der Waals surface area contributed by atoms with Crippen molar-refractivity contribution in [2.45, 2.75) is 11.9 Å². The van der Waals surface area contributed by atoms with Crippen LogP contribution in [-0.4, -0.2) is 51.0 Å². The van der Waals surface area contributed by atoms with Crippen molar-refractivity contribution in [3.63, 3.8) is 0 Å². The van der Waals surface area contributed by atoms with E-state index in [-0.39, 0.29) is 5.69 Å². The van der Waals surface area contributed by atoms with Crippen molar-refractivity contribution >= 4 is 25.8 Å². The van der Waals surface area contributed by atoms with Gasteiger partial charge in [0.25, 0.3) is 5.91 Å². The highest BCUT2D eigenvalue weighted by Gasteiger charge is 2.20. The monoisotopic (exact) mass is 322 g/mol. The van der Waals surface area contributed by atoms with E-state index >= 15 is 0 Å². The lowest BCUT2D eigenvalue weighted by atomic mass is 10.4. The van der Waals surface area contributed by atoms with E-state index in [1.807, 2.05) is 0 Å². The Morgan fingerprint density at radius 1 is 1.20 bits per heavy atom. The molecule has 11 heteroatoms. The van der Waals surface area contributed by atoms with Gasteiger partial charge in [-0.3, -0.25) is 4.79 Å². The van der Waals surface area contributed by atoms with Crippen LogP contribution in [0.2, 0.25) is 0 Å². The van der Waals surface area contributed by atoms with Crippen LogP contribution in [0.3, 0.4) is 0 Å². The number of amides is 1. The molecular formula is C9H14N4O5S2. The normalized spacial score (nSPS) is 12.1. The minimum Gasteiger partial charge on any atom is -0.351 e. The predicted molar refractivity (Wildman–Crippen MR) is 70.1 cm³/mol. The zero-order chi connectivity index (χ0) is 15.4. The molecule has 0 radical (unpaired) electrons. The number of carbonyl (C=O) groups excluding carboxylic acids is 1. The van der Waals surface area contributed by atoms with Crippen molar-refractivity contribution in [1.82, 2.24) is 15.5 Å². The summed E-state index contributed by atoms with van der Waals surface area (Å²) in [6.07, 6.45) is 0. The van der Waals surface area contributed by atoms with E-state index in [1.165, 1.54) is 6.07 Å². The van der Waals surface area contributed by atoms with Gasteiger partial charge < -0.3 is 5.32 Å². The molecule has 1 aromatic rings. The van der Waals surface area contributed by atoms with Crippen molar-refractivity contribution in [2.24, 2.45) is 5.14 Å². The highest BCUT2D eigenvalue weighted by molar-refractivity contribution is 7.94. The maximum atomic E-state index is 11.8. The Labute approximate surface area is 116 Å². The number of hydrogen-bond acceptors (Lipinski definition) is 7. The molecule has 0 aliphatic heterocycles. The smallest absolute Gasteiger partial charge is 0.271 e. The first kappa shape index (κ1) is 16.5. The Morgan fingerprint density at radius 2 is 1.85 bits per heavy atom. The number of sulfone groups is 1. The lowest BCUT2D eigenvalue weighted by Crippen LogP contribution is -2.25. The number of nitrogens with two attached hydrogens (primary N) is 1. The van der Waals surface area contributed by atoms with Gasteiger partial charge in [-0.05, 0) is 19.1 Å². The van der Waals surface area contributed by atoms with Gasteiger partial charge in [-0.25, -0.2) is 22.0 Å². The average molecular weight is 322 g/mol. The third-order valence-corrected chi connectivity index (χ3v) is 4.79. The van der Waals surface area contributed by atoms with E-state index in [4.69, 9.17) is 5.14 Å². The van der Waals surface area contributed by atoms with Crippen molar-refractivity contribution in [3.05, 3.63) is 17.8 Å². The van der Waals surface area contributed by atoms with Crippen LogP contribution in [0.25, 0.3) is 0 Å². The fourth-order valence-electron chi connectivity index (χ4n) is 1.19. The molecule has 0 aliphatic rings. The molecular weight excluding hydrogens is 308 g/mol. The summed E-state index contributed by atoms with van der Waals surface area (Å²) in [7, 11) is -7.80. The Bertz CT molecular complexity index is 682. The van der Waals surface area contributed by atoms with Crippen LogP contribution in [0.15, 0.2) is 17.2 Å². The summed E-state index contributed by atoms with van der Waals surface area (Å²) in [6.45, 7) is 2.12. The van der Waals surface area contributed by atoms with Gasteiger partial charge in [0.1, 0.15) is 0 Å². The molecule has 1 amide bonds. The summed E-state index contributed by atoms with van der Waals surface area (Å²) in [5.41, 5.74) is -0.0303. The second-order valence-corrected chi connectivity index (χ2v) is 7.59. The summed E-state index contributed by atoms with van der Waals surface area (Å²) in [5.74, 6) is -1.88. The molecule has 1 aromatic heterocycles. The van der Waals surface area contributed by atoms with Crippen LogP contribution in [0.1, 0.15) is 17.4 Å². The number of aromatic nitrogens is 2. The first-order valence-corrected chi connectivity index (χ1v) is 8.87. The first-order valence-electron chi connectivity index (χ1n) is 5.51. The minimum absolute atomic E-state index is 0.0303. The SMILES string of the molecule is CCNC(=O)c1ccc(S(=O)(=O)CCS(N)(=O)=O)nn1. The molecule has 0 bridgehead atoms. The lowest BCUT2D eigenvalue weighted by molar-refractivity contribution is 0.0949. The fourth-order valence-corrected chi connectivity index (χ4v) is 3.65. The molecule has 0 unspecified atom stereocenters. The highest BCUT2D eigenvalue weighted by Crippen LogP contribution is 2.07. The Morgan fingerprint density at radius 3 is 2.30 bits per heavy atom. The van der Waals surface area contributed by atoms with Crippen LogP contribution in [0.5, 0.6) is 0 Å². The van der Waals surface area contributed by atoms with Crippen molar-refractivity contribution in [3.8, 4) is 0 Å². The first-order chi connectivity index (χ1) is 9.15. The number of nitrogens with one attached hydrogen (secondary N) is 1. The van der Waals surface area contributed by atoms with E-state index in [0.29, 0.717) is 6.54 Å². The van der Waals surface area contributed by atoms with E-state index < -0.39 is 42.3 Å².